The number of hydrogen-bond acceptors (Lipinski definition) is 3. The molecule has 0 atom stereocenters. The summed E-state index contributed by atoms with van der Waals surface area (Å²) in [6, 6.07) is 5.37. The Bertz CT molecular complexity index is 680. The Morgan fingerprint density at radius 2 is 1.90 bits per heavy atom. The molecule has 2 rings (SSSR count). The molecule has 6 nitrogen and oxygen atoms in total. The monoisotopic (exact) mass is 270 g/mol. The van der Waals surface area contributed by atoms with Gasteiger partial charge < -0.3 is 5.11 Å². The van der Waals surface area contributed by atoms with Crippen LogP contribution in [0.2, 0.25) is 0 Å². The predicted molar refractivity (Wildman–Crippen MR) is 69.8 cm³/mol. The summed E-state index contributed by atoms with van der Waals surface area (Å²) in [5, 5.41) is 8.81. The van der Waals surface area contributed by atoms with Crippen molar-refractivity contribution in [3.8, 4) is 0 Å². The van der Waals surface area contributed by atoms with E-state index in [4.69, 9.17) is 11.7 Å². The Hall–Kier alpha value is -2.94. The summed E-state index contributed by atoms with van der Waals surface area (Å²) in [5.41, 5.74) is 0.710. The zero-order chi connectivity index (χ0) is 14.9. The minimum absolute atomic E-state index is 0.00410. The van der Waals surface area contributed by atoms with Crippen LogP contribution >= 0.6 is 0 Å². The number of rotatable bonds is 2. The van der Waals surface area contributed by atoms with E-state index in [9.17, 15) is 14.4 Å². The molecule has 0 unspecified atom stereocenters. The van der Waals surface area contributed by atoms with Crippen LogP contribution in [0.25, 0.3) is 4.85 Å². The Morgan fingerprint density at radius 3 is 2.40 bits per heavy atom. The van der Waals surface area contributed by atoms with Crippen molar-refractivity contribution in [1.82, 2.24) is 0 Å². The van der Waals surface area contributed by atoms with E-state index in [1.807, 2.05) is 0 Å². The number of carbonyl (C=O) groups excluding carboxylic acids is 2. The fourth-order valence-corrected chi connectivity index (χ4v) is 1.95. The third kappa shape index (κ3) is 2.17. The number of anilines is 1. The van der Waals surface area contributed by atoms with Gasteiger partial charge in [-0.15, -0.1) is 0 Å². The lowest BCUT2D eigenvalue weighted by molar-refractivity contribution is -0.125. The van der Waals surface area contributed by atoms with Crippen LogP contribution in [0.5, 0.6) is 0 Å². The number of nitrogens with zero attached hydrogens (tertiary/aromatic N) is 2. The van der Waals surface area contributed by atoms with Crippen molar-refractivity contribution in [3.63, 3.8) is 0 Å². The number of carboxylic acid groups (broad SMARTS) is 1. The fraction of sp³-hybridized carbons (Fsp3) is 0.143. The summed E-state index contributed by atoms with van der Waals surface area (Å²) < 4.78 is 0. The molecule has 0 radical (unpaired) electrons. The van der Waals surface area contributed by atoms with Gasteiger partial charge in [-0.1, -0.05) is 12.5 Å². The highest BCUT2D eigenvalue weighted by Crippen LogP contribution is 2.26. The van der Waals surface area contributed by atoms with Gasteiger partial charge in [-0.25, -0.2) is 9.64 Å². The van der Waals surface area contributed by atoms with Crippen molar-refractivity contribution in [2.45, 2.75) is 13.3 Å². The van der Waals surface area contributed by atoms with Crippen molar-refractivity contribution in [2.24, 2.45) is 0 Å². The standard InChI is InChI=1S/C14H10N2O4/c1-8-7-11(17)16(13(18)12(8)15-2)10-5-3-9(4-6-10)14(19)20/h3-6H,7H2,1H3,(H,19,20). The van der Waals surface area contributed by atoms with E-state index in [-0.39, 0.29) is 23.4 Å². The molecule has 1 aromatic rings. The maximum Gasteiger partial charge on any atom is 0.335 e. The van der Waals surface area contributed by atoms with Gasteiger partial charge in [0.25, 0.3) is 11.6 Å². The van der Waals surface area contributed by atoms with Gasteiger partial charge >= 0.3 is 5.97 Å². The highest BCUT2D eigenvalue weighted by atomic mass is 16.4. The second-order valence-corrected chi connectivity index (χ2v) is 4.30. The molecule has 2 amide bonds. The van der Waals surface area contributed by atoms with Crippen molar-refractivity contribution < 1.29 is 19.5 Å². The van der Waals surface area contributed by atoms with Gasteiger partial charge in [0.05, 0.1) is 17.8 Å². The lowest BCUT2D eigenvalue weighted by Gasteiger charge is -2.25. The smallest absolute Gasteiger partial charge is 0.335 e. The van der Waals surface area contributed by atoms with Crippen LogP contribution in [0.3, 0.4) is 0 Å². The summed E-state index contributed by atoms with van der Waals surface area (Å²) in [6.07, 6.45) is 0.00410. The number of benzene rings is 1. The Balaban J connectivity index is 2.43. The normalized spacial score (nSPS) is 15.3. The van der Waals surface area contributed by atoms with E-state index >= 15 is 0 Å². The second kappa shape index (κ2) is 4.97. The molecular weight excluding hydrogens is 260 g/mol. The first-order chi connectivity index (χ1) is 9.45. The topological polar surface area (TPSA) is 79.0 Å². The molecule has 6 heteroatoms. The van der Waals surface area contributed by atoms with Gasteiger partial charge in [0, 0.05) is 6.42 Å². The van der Waals surface area contributed by atoms with Crippen LogP contribution in [0.4, 0.5) is 5.69 Å². The molecule has 0 aromatic heterocycles. The summed E-state index contributed by atoms with van der Waals surface area (Å²) in [5.74, 6) is -2.19. The molecule has 1 heterocycles. The zero-order valence-corrected chi connectivity index (χ0v) is 10.6. The number of carboxylic acids is 1. The van der Waals surface area contributed by atoms with Gasteiger partial charge in [0.15, 0.2) is 0 Å². The van der Waals surface area contributed by atoms with E-state index in [1.54, 1.807) is 6.92 Å². The van der Waals surface area contributed by atoms with E-state index in [1.165, 1.54) is 24.3 Å². The molecular formula is C14H10N2O4. The summed E-state index contributed by atoms with van der Waals surface area (Å²) >= 11 is 0. The maximum atomic E-state index is 12.1. The van der Waals surface area contributed by atoms with E-state index in [0.717, 1.165) is 4.90 Å². The minimum Gasteiger partial charge on any atom is -0.478 e. The average molecular weight is 270 g/mol. The van der Waals surface area contributed by atoms with Crippen LogP contribution in [0, 0.1) is 6.57 Å². The molecule has 0 bridgehead atoms. The van der Waals surface area contributed by atoms with Gasteiger partial charge in [-0.3, -0.25) is 14.5 Å². The van der Waals surface area contributed by atoms with Crippen LogP contribution in [-0.4, -0.2) is 22.9 Å². The zero-order valence-electron chi connectivity index (χ0n) is 10.6. The molecule has 1 aliphatic rings. The fourth-order valence-electron chi connectivity index (χ4n) is 1.95. The summed E-state index contributed by atoms with van der Waals surface area (Å²) in [6.45, 7) is 8.57. The van der Waals surface area contributed by atoms with E-state index in [2.05, 4.69) is 4.85 Å². The SMILES string of the molecule is [C-]#[N+]C1=C(C)CC(=O)N(c2ccc(C(=O)O)cc2)C1=O. The lowest BCUT2D eigenvalue weighted by atomic mass is 10.0. The number of hydrogen-bond donors (Lipinski definition) is 1. The second-order valence-electron chi connectivity index (χ2n) is 4.30. The average Bonchev–Trinajstić information content (AvgIpc) is 2.39. The molecule has 0 saturated heterocycles. The van der Waals surface area contributed by atoms with Gasteiger partial charge in [-0.2, -0.15) is 0 Å². The summed E-state index contributed by atoms with van der Waals surface area (Å²) in [7, 11) is 0. The molecule has 20 heavy (non-hydrogen) atoms. The first kappa shape index (κ1) is 13.5. The first-order valence-corrected chi connectivity index (χ1v) is 5.73. The van der Waals surface area contributed by atoms with Gasteiger partial charge in [0.1, 0.15) is 0 Å². The van der Waals surface area contributed by atoms with E-state index in [0.29, 0.717) is 5.57 Å². The van der Waals surface area contributed by atoms with Crippen molar-refractivity contribution in [2.75, 3.05) is 4.90 Å². The Morgan fingerprint density at radius 1 is 1.30 bits per heavy atom. The molecule has 0 fully saturated rings. The Labute approximate surface area is 114 Å². The molecule has 100 valence electrons. The predicted octanol–water partition coefficient (Wildman–Crippen LogP) is 1.84. The van der Waals surface area contributed by atoms with Crippen molar-refractivity contribution >= 4 is 23.5 Å². The van der Waals surface area contributed by atoms with Crippen molar-refractivity contribution in [1.29, 1.82) is 0 Å². The molecule has 0 aliphatic carbocycles. The summed E-state index contributed by atoms with van der Waals surface area (Å²) in [4.78, 5) is 38.9. The van der Waals surface area contributed by atoms with Crippen LogP contribution in [-0.2, 0) is 9.59 Å². The molecule has 0 saturated carbocycles. The quantitative estimate of drug-likeness (QED) is 0.657. The highest BCUT2D eigenvalue weighted by molar-refractivity contribution is 6.24. The van der Waals surface area contributed by atoms with Gasteiger partial charge in [0.2, 0.25) is 5.91 Å². The van der Waals surface area contributed by atoms with Crippen LogP contribution in [0.1, 0.15) is 23.7 Å². The number of amides is 2. The van der Waals surface area contributed by atoms with Crippen molar-refractivity contribution in [3.05, 3.63) is 52.5 Å². The lowest BCUT2D eigenvalue weighted by Crippen LogP contribution is -2.41. The first-order valence-electron chi connectivity index (χ1n) is 5.73. The number of imide groups is 1. The largest absolute Gasteiger partial charge is 0.478 e. The molecule has 1 aliphatic heterocycles. The third-order valence-corrected chi connectivity index (χ3v) is 2.96. The molecule has 1 N–H and O–H groups in total. The Kier molecular flexibility index (Phi) is 3.36. The molecule has 0 spiro atoms. The van der Waals surface area contributed by atoms with Crippen LogP contribution in [0.15, 0.2) is 35.5 Å². The van der Waals surface area contributed by atoms with Gasteiger partial charge in [-0.05, 0) is 24.3 Å². The minimum atomic E-state index is -1.09. The third-order valence-electron chi connectivity index (χ3n) is 2.96. The maximum absolute atomic E-state index is 12.1. The van der Waals surface area contributed by atoms with Crippen LogP contribution < -0.4 is 4.90 Å². The highest BCUT2D eigenvalue weighted by Gasteiger charge is 2.33. The molecule has 1 aromatic carbocycles. The van der Waals surface area contributed by atoms with E-state index < -0.39 is 17.8 Å². The number of aromatic carboxylic acids is 1. The number of carbonyl (C=O) groups is 3.